The summed E-state index contributed by atoms with van der Waals surface area (Å²) >= 11 is 6.14. The molecule has 0 aliphatic heterocycles. The Labute approximate surface area is 110 Å². The number of halogens is 1. The zero-order chi connectivity index (χ0) is 12.5. The molecule has 2 N–H and O–H groups in total. The minimum absolute atomic E-state index is 0.498. The van der Waals surface area contributed by atoms with Gasteiger partial charge in [0, 0.05) is 29.8 Å². The van der Waals surface area contributed by atoms with Gasteiger partial charge in [-0.2, -0.15) is 5.10 Å². The summed E-state index contributed by atoms with van der Waals surface area (Å²) in [5.74, 6) is 2.18. The molecule has 1 saturated carbocycles. The van der Waals surface area contributed by atoms with Gasteiger partial charge in [-0.25, -0.2) is 9.97 Å². The predicted molar refractivity (Wildman–Crippen MR) is 69.7 cm³/mol. The highest BCUT2D eigenvalue weighted by Gasteiger charge is 2.27. The van der Waals surface area contributed by atoms with Crippen molar-refractivity contribution >= 4 is 17.4 Å². The highest BCUT2D eigenvalue weighted by molar-refractivity contribution is 6.30. The minimum atomic E-state index is 0.498. The van der Waals surface area contributed by atoms with Gasteiger partial charge in [-0.05, 0) is 19.8 Å². The molecule has 0 aromatic carbocycles. The van der Waals surface area contributed by atoms with E-state index >= 15 is 0 Å². The molecule has 0 spiro atoms. The van der Waals surface area contributed by atoms with Gasteiger partial charge in [0.05, 0.1) is 6.20 Å². The first-order valence-electron chi connectivity index (χ1n) is 5.99. The molecule has 0 radical (unpaired) electrons. The number of aromatic amines is 1. The molecule has 94 valence electrons. The normalized spacial score (nSPS) is 14.8. The van der Waals surface area contributed by atoms with Crippen molar-refractivity contribution in [1.82, 2.24) is 20.2 Å². The third kappa shape index (κ3) is 2.31. The van der Waals surface area contributed by atoms with E-state index in [-0.39, 0.29) is 0 Å². The smallest absolute Gasteiger partial charge is 0.137 e. The van der Waals surface area contributed by atoms with Crippen molar-refractivity contribution in [3.8, 4) is 0 Å². The van der Waals surface area contributed by atoms with Crippen LogP contribution in [0.25, 0.3) is 0 Å². The molecular weight excluding hydrogens is 250 g/mol. The fourth-order valence-corrected chi connectivity index (χ4v) is 1.94. The molecule has 2 heterocycles. The van der Waals surface area contributed by atoms with E-state index in [9.17, 15) is 0 Å². The molecule has 1 fully saturated rings. The van der Waals surface area contributed by atoms with Crippen LogP contribution in [0.4, 0.5) is 5.82 Å². The van der Waals surface area contributed by atoms with Crippen LogP contribution >= 0.6 is 11.6 Å². The van der Waals surface area contributed by atoms with Crippen molar-refractivity contribution in [3.63, 3.8) is 0 Å². The van der Waals surface area contributed by atoms with Gasteiger partial charge in [-0.15, -0.1) is 0 Å². The molecular formula is C12H14ClN5. The summed E-state index contributed by atoms with van der Waals surface area (Å²) in [7, 11) is 0. The minimum Gasteiger partial charge on any atom is -0.366 e. The fourth-order valence-electron chi connectivity index (χ4n) is 1.76. The summed E-state index contributed by atoms with van der Waals surface area (Å²) in [5.41, 5.74) is 1.97. The second-order valence-corrected chi connectivity index (χ2v) is 4.94. The molecule has 0 atom stereocenters. The van der Waals surface area contributed by atoms with E-state index in [4.69, 9.17) is 11.6 Å². The Morgan fingerprint density at radius 1 is 1.44 bits per heavy atom. The number of hydrogen-bond acceptors (Lipinski definition) is 4. The molecule has 1 aliphatic rings. The first kappa shape index (κ1) is 11.5. The lowest BCUT2D eigenvalue weighted by Crippen LogP contribution is -2.06. The van der Waals surface area contributed by atoms with Gasteiger partial charge < -0.3 is 5.32 Å². The lowest BCUT2D eigenvalue weighted by Gasteiger charge is -2.10. The Morgan fingerprint density at radius 2 is 2.28 bits per heavy atom. The van der Waals surface area contributed by atoms with Crippen LogP contribution in [0.1, 0.15) is 35.7 Å². The van der Waals surface area contributed by atoms with Gasteiger partial charge >= 0.3 is 0 Å². The molecule has 18 heavy (non-hydrogen) atoms. The number of nitrogens with zero attached hydrogens (tertiary/aromatic N) is 3. The van der Waals surface area contributed by atoms with Crippen molar-refractivity contribution < 1.29 is 0 Å². The van der Waals surface area contributed by atoms with E-state index in [1.54, 1.807) is 6.20 Å². The van der Waals surface area contributed by atoms with Crippen molar-refractivity contribution in [2.75, 3.05) is 5.32 Å². The van der Waals surface area contributed by atoms with Crippen molar-refractivity contribution in [3.05, 3.63) is 34.5 Å². The number of nitrogens with one attached hydrogen (secondary N) is 2. The maximum absolute atomic E-state index is 6.14. The van der Waals surface area contributed by atoms with Gasteiger partial charge in [-0.1, -0.05) is 11.6 Å². The van der Waals surface area contributed by atoms with Crippen LogP contribution in [0.15, 0.2) is 12.4 Å². The van der Waals surface area contributed by atoms with E-state index < -0.39 is 0 Å². The predicted octanol–water partition coefficient (Wildman–Crippen LogP) is 2.65. The van der Waals surface area contributed by atoms with E-state index in [1.807, 2.05) is 13.1 Å². The Hall–Kier alpha value is -1.62. The Bertz CT molecular complexity index is 548. The zero-order valence-electron chi connectivity index (χ0n) is 10.1. The van der Waals surface area contributed by atoms with Crippen LogP contribution in [0.3, 0.4) is 0 Å². The molecule has 0 saturated heterocycles. The van der Waals surface area contributed by atoms with Crippen LogP contribution in [-0.2, 0) is 6.54 Å². The molecule has 2 aromatic rings. The van der Waals surface area contributed by atoms with Crippen molar-refractivity contribution in [2.45, 2.75) is 32.2 Å². The zero-order valence-corrected chi connectivity index (χ0v) is 10.8. The summed E-state index contributed by atoms with van der Waals surface area (Å²) < 4.78 is 0. The lowest BCUT2D eigenvalue weighted by molar-refractivity contribution is 0.911. The molecule has 5 nitrogen and oxygen atoms in total. The standard InChI is InChI=1S/C12H14ClN5/c1-7-10(13)17-12(9-2-3-9)18-11(7)14-4-8-5-15-16-6-8/h5-6,9H,2-4H2,1H3,(H,15,16)(H,14,17,18). The quantitative estimate of drug-likeness (QED) is 0.833. The Morgan fingerprint density at radius 3 is 2.94 bits per heavy atom. The first-order chi connectivity index (χ1) is 8.74. The van der Waals surface area contributed by atoms with Crippen molar-refractivity contribution in [2.24, 2.45) is 0 Å². The highest BCUT2D eigenvalue weighted by Crippen LogP contribution is 2.39. The van der Waals surface area contributed by atoms with Crippen LogP contribution in [0.2, 0.25) is 5.15 Å². The summed E-state index contributed by atoms with van der Waals surface area (Å²) in [4.78, 5) is 8.89. The highest BCUT2D eigenvalue weighted by atomic mass is 35.5. The molecule has 0 amide bonds. The van der Waals surface area contributed by atoms with E-state index in [1.165, 1.54) is 12.8 Å². The second kappa shape index (κ2) is 4.57. The number of H-pyrrole nitrogens is 1. The monoisotopic (exact) mass is 263 g/mol. The topological polar surface area (TPSA) is 66.5 Å². The van der Waals surface area contributed by atoms with Crippen molar-refractivity contribution in [1.29, 1.82) is 0 Å². The Kier molecular flexibility index (Phi) is 2.91. The van der Waals surface area contributed by atoms with E-state index in [0.717, 1.165) is 22.8 Å². The first-order valence-corrected chi connectivity index (χ1v) is 6.37. The SMILES string of the molecule is Cc1c(Cl)nc(C2CC2)nc1NCc1cn[nH]c1. The summed E-state index contributed by atoms with van der Waals surface area (Å²) in [5, 5.41) is 10.5. The second-order valence-electron chi connectivity index (χ2n) is 4.58. The largest absolute Gasteiger partial charge is 0.366 e. The third-order valence-electron chi connectivity index (χ3n) is 3.06. The number of anilines is 1. The third-order valence-corrected chi connectivity index (χ3v) is 3.43. The molecule has 0 unspecified atom stereocenters. The van der Waals surface area contributed by atoms with Crippen LogP contribution in [0.5, 0.6) is 0 Å². The summed E-state index contributed by atoms with van der Waals surface area (Å²) in [6.45, 7) is 2.60. The Balaban J connectivity index is 1.81. The van der Waals surface area contributed by atoms with E-state index in [2.05, 4.69) is 25.5 Å². The molecule has 1 aliphatic carbocycles. The van der Waals surface area contributed by atoms with Crippen LogP contribution in [0, 0.1) is 6.92 Å². The number of aromatic nitrogens is 4. The molecule has 2 aromatic heterocycles. The molecule has 3 rings (SSSR count). The maximum Gasteiger partial charge on any atom is 0.137 e. The van der Waals surface area contributed by atoms with Gasteiger partial charge in [0.25, 0.3) is 0 Å². The lowest BCUT2D eigenvalue weighted by atomic mass is 10.3. The van der Waals surface area contributed by atoms with Gasteiger partial charge in [-0.3, -0.25) is 5.10 Å². The van der Waals surface area contributed by atoms with E-state index in [0.29, 0.717) is 17.6 Å². The van der Waals surface area contributed by atoms with Gasteiger partial charge in [0.15, 0.2) is 0 Å². The molecule has 6 heteroatoms. The maximum atomic E-state index is 6.14. The van der Waals surface area contributed by atoms with Gasteiger partial charge in [0.2, 0.25) is 0 Å². The molecule has 0 bridgehead atoms. The number of rotatable bonds is 4. The van der Waals surface area contributed by atoms with Crippen LogP contribution < -0.4 is 5.32 Å². The number of hydrogen-bond donors (Lipinski definition) is 2. The van der Waals surface area contributed by atoms with Gasteiger partial charge in [0.1, 0.15) is 16.8 Å². The average molecular weight is 264 g/mol. The average Bonchev–Trinajstić information content (AvgIpc) is 3.08. The fraction of sp³-hybridized carbons (Fsp3) is 0.417. The summed E-state index contributed by atoms with van der Waals surface area (Å²) in [6, 6.07) is 0. The van der Waals surface area contributed by atoms with Crippen LogP contribution in [-0.4, -0.2) is 20.2 Å². The summed E-state index contributed by atoms with van der Waals surface area (Å²) in [6.07, 6.45) is 5.97.